The number of amides is 2. The van der Waals surface area contributed by atoms with E-state index in [2.05, 4.69) is 5.32 Å². The van der Waals surface area contributed by atoms with Crippen LogP contribution >= 0.6 is 0 Å². The summed E-state index contributed by atoms with van der Waals surface area (Å²) in [6.45, 7) is 1.08. The van der Waals surface area contributed by atoms with E-state index in [0.717, 1.165) is 25.7 Å². The fraction of sp³-hybridized carbons (Fsp3) is 0.857. The topological polar surface area (TPSA) is 89.9 Å². The number of rotatable bonds is 2. The van der Waals surface area contributed by atoms with E-state index in [1.807, 2.05) is 0 Å². The van der Waals surface area contributed by atoms with Crippen LogP contribution in [0.1, 0.15) is 44.9 Å². The number of hydrogen-bond donors (Lipinski definition) is 3. The highest BCUT2D eigenvalue weighted by atomic mass is 16.4. The van der Waals surface area contributed by atoms with E-state index in [9.17, 15) is 19.8 Å². The molecule has 114 valence electrons. The van der Waals surface area contributed by atoms with Gasteiger partial charge in [-0.3, -0.25) is 4.79 Å². The predicted molar refractivity (Wildman–Crippen MR) is 73.3 cm³/mol. The highest BCUT2D eigenvalue weighted by molar-refractivity contribution is 5.77. The molecule has 0 aromatic heterocycles. The SMILES string of the molecule is O=C(O)C1CCCCCC1NC(=O)N1CCC(O)CC1. The van der Waals surface area contributed by atoms with Gasteiger partial charge in [-0.2, -0.15) is 0 Å². The lowest BCUT2D eigenvalue weighted by atomic mass is 9.95. The molecule has 0 spiro atoms. The van der Waals surface area contributed by atoms with E-state index >= 15 is 0 Å². The van der Waals surface area contributed by atoms with Crippen LogP contribution in [-0.2, 0) is 4.79 Å². The van der Waals surface area contributed by atoms with E-state index in [1.54, 1.807) is 4.90 Å². The molecule has 2 amide bonds. The number of likely N-dealkylation sites (tertiary alicyclic amines) is 1. The molecule has 2 aliphatic rings. The molecule has 2 rings (SSSR count). The van der Waals surface area contributed by atoms with Crippen molar-refractivity contribution in [2.24, 2.45) is 5.92 Å². The quantitative estimate of drug-likeness (QED) is 0.664. The standard InChI is InChI=1S/C14H24N2O4/c17-10-6-8-16(9-7-10)14(20)15-12-5-3-1-2-4-11(12)13(18)19/h10-12,17H,1-9H2,(H,15,20)(H,18,19). The van der Waals surface area contributed by atoms with Crippen molar-refractivity contribution in [3.8, 4) is 0 Å². The van der Waals surface area contributed by atoms with Gasteiger partial charge in [0.05, 0.1) is 12.0 Å². The lowest BCUT2D eigenvalue weighted by molar-refractivity contribution is -0.142. The molecule has 2 fully saturated rings. The van der Waals surface area contributed by atoms with E-state index in [-0.39, 0.29) is 18.2 Å². The third kappa shape index (κ3) is 3.85. The largest absolute Gasteiger partial charge is 0.481 e. The Morgan fingerprint density at radius 3 is 2.30 bits per heavy atom. The molecule has 0 aromatic rings. The third-order valence-corrected chi connectivity index (χ3v) is 4.39. The fourth-order valence-corrected chi connectivity index (χ4v) is 3.09. The van der Waals surface area contributed by atoms with Crippen molar-refractivity contribution in [3.05, 3.63) is 0 Å². The van der Waals surface area contributed by atoms with Crippen LogP contribution in [0.2, 0.25) is 0 Å². The molecule has 2 unspecified atom stereocenters. The Kier molecular flexibility index (Phi) is 5.23. The van der Waals surface area contributed by atoms with Crippen LogP contribution in [0.25, 0.3) is 0 Å². The summed E-state index contributed by atoms with van der Waals surface area (Å²) in [5.74, 6) is -1.29. The van der Waals surface area contributed by atoms with Crippen molar-refractivity contribution in [1.82, 2.24) is 10.2 Å². The van der Waals surface area contributed by atoms with Gasteiger partial charge in [0, 0.05) is 19.1 Å². The molecule has 6 heteroatoms. The number of aliphatic hydroxyl groups is 1. The summed E-state index contributed by atoms with van der Waals surface area (Å²) in [5.41, 5.74) is 0. The van der Waals surface area contributed by atoms with Gasteiger partial charge in [-0.15, -0.1) is 0 Å². The number of carboxylic acids is 1. The summed E-state index contributed by atoms with van der Waals surface area (Å²) < 4.78 is 0. The van der Waals surface area contributed by atoms with Gasteiger partial charge in [0.1, 0.15) is 0 Å². The van der Waals surface area contributed by atoms with Gasteiger partial charge in [-0.1, -0.05) is 19.3 Å². The molecule has 1 aliphatic heterocycles. The minimum Gasteiger partial charge on any atom is -0.481 e. The van der Waals surface area contributed by atoms with Crippen LogP contribution in [0, 0.1) is 5.92 Å². The van der Waals surface area contributed by atoms with Gasteiger partial charge in [-0.25, -0.2) is 4.79 Å². The van der Waals surface area contributed by atoms with Crippen molar-refractivity contribution >= 4 is 12.0 Å². The van der Waals surface area contributed by atoms with Crippen molar-refractivity contribution < 1.29 is 19.8 Å². The monoisotopic (exact) mass is 284 g/mol. The van der Waals surface area contributed by atoms with Crippen molar-refractivity contribution in [3.63, 3.8) is 0 Å². The van der Waals surface area contributed by atoms with Crippen LogP contribution < -0.4 is 5.32 Å². The van der Waals surface area contributed by atoms with E-state index in [0.29, 0.717) is 32.4 Å². The molecule has 2 atom stereocenters. The van der Waals surface area contributed by atoms with Gasteiger partial charge in [0.25, 0.3) is 0 Å². The van der Waals surface area contributed by atoms with Gasteiger partial charge < -0.3 is 20.4 Å². The number of nitrogens with zero attached hydrogens (tertiary/aromatic N) is 1. The second-order valence-corrected chi connectivity index (χ2v) is 5.86. The molecule has 6 nitrogen and oxygen atoms in total. The Morgan fingerprint density at radius 2 is 1.65 bits per heavy atom. The summed E-state index contributed by atoms with van der Waals surface area (Å²) in [6.07, 6.45) is 5.17. The summed E-state index contributed by atoms with van der Waals surface area (Å²) in [6, 6.07) is -0.454. The average molecular weight is 284 g/mol. The van der Waals surface area contributed by atoms with Crippen LogP contribution in [0.5, 0.6) is 0 Å². The first-order valence-corrected chi connectivity index (χ1v) is 7.54. The molecular weight excluding hydrogens is 260 g/mol. The molecule has 3 N–H and O–H groups in total. The van der Waals surface area contributed by atoms with Gasteiger partial charge in [-0.05, 0) is 25.7 Å². The number of carboxylic acid groups (broad SMARTS) is 1. The molecule has 0 aromatic carbocycles. The molecule has 1 aliphatic carbocycles. The molecule has 0 bridgehead atoms. The van der Waals surface area contributed by atoms with E-state index in [4.69, 9.17) is 0 Å². The Balaban J connectivity index is 1.92. The Bertz CT molecular complexity index is 353. The number of hydrogen-bond acceptors (Lipinski definition) is 3. The van der Waals surface area contributed by atoms with Gasteiger partial charge in [0.2, 0.25) is 0 Å². The molecule has 0 radical (unpaired) electrons. The minimum atomic E-state index is -0.814. The number of carbonyl (C=O) groups excluding carboxylic acids is 1. The molecular formula is C14H24N2O4. The van der Waals surface area contributed by atoms with Crippen LogP contribution in [-0.4, -0.2) is 52.3 Å². The Hall–Kier alpha value is -1.30. The third-order valence-electron chi connectivity index (χ3n) is 4.39. The molecule has 1 heterocycles. The lowest BCUT2D eigenvalue weighted by Gasteiger charge is -2.32. The summed E-state index contributed by atoms with van der Waals surface area (Å²) in [4.78, 5) is 25.2. The van der Waals surface area contributed by atoms with Crippen LogP contribution in [0.3, 0.4) is 0 Å². The van der Waals surface area contributed by atoms with Crippen LogP contribution in [0.15, 0.2) is 0 Å². The summed E-state index contributed by atoms with van der Waals surface area (Å²) in [7, 11) is 0. The number of carbonyl (C=O) groups is 2. The first-order valence-electron chi connectivity index (χ1n) is 7.54. The van der Waals surface area contributed by atoms with E-state index in [1.165, 1.54) is 0 Å². The van der Waals surface area contributed by atoms with Crippen molar-refractivity contribution in [2.75, 3.05) is 13.1 Å². The van der Waals surface area contributed by atoms with Crippen LogP contribution in [0.4, 0.5) is 4.79 Å². The normalized spacial score (nSPS) is 28.8. The smallest absolute Gasteiger partial charge is 0.317 e. The predicted octanol–water partition coefficient (Wildman–Crippen LogP) is 1.19. The van der Waals surface area contributed by atoms with Crippen molar-refractivity contribution in [2.45, 2.75) is 57.1 Å². The molecule has 20 heavy (non-hydrogen) atoms. The number of aliphatic hydroxyl groups excluding tert-OH is 1. The average Bonchev–Trinajstić information content (AvgIpc) is 2.65. The molecule has 1 saturated carbocycles. The first-order chi connectivity index (χ1) is 9.58. The maximum atomic E-state index is 12.2. The highest BCUT2D eigenvalue weighted by Crippen LogP contribution is 2.24. The number of urea groups is 1. The first kappa shape index (κ1) is 15.1. The van der Waals surface area contributed by atoms with Gasteiger partial charge >= 0.3 is 12.0 Å². The molecule has 1 saturated heterocycles. The Labute approximate surface area is 119 Å². The zero-order valence-electron chi connectivity index (χ0n) is 11.8. The number of aliphatic carboxylic acids is 1. The zero-order chi connectivity index (χ0) is 14.5. The second kappa shape index (κ2) is 6.92. The second-order valence-electron chi connectivity index (χ2n) is 5.86. The lowest BCUT2D eigenvalue weighted by Crippen LogP contribution is -2.51. The maximum Gasteiger partial charge on any atom is 0.317 e. The number of piperidine rings is 1. The van der Waals surface area contributed by atoms with Crippen molar-refractivity contribution in [1.29, 1.82) is 0 Å². The summed E-state index contributed by atoms with van der Waals surface area (Å²) in [5, 5.41) is 21.6. The highest BCUT2D eigenvalue weighted by Gasteiger charge is 2.32. The zero-order valence-corrected chi connectivity index (χ0v) is 11.8. The summed E-state index contributed by atoms with van der Waals surface area (Å²) >= 11 is 0. The van der Waals surface area contributed by atoms with E-state index < -0.39 is 11.9 Å². The fourth-order valence-electron chi connectivity index (χ4n) is 3.09. The number of nitrogens with one attached hydrogen (secondary N) is 1. The maximum absolute atomic E-state index is 12.2. The Morgan fingerprint density at radius 1 is 1.00 bits per heavy atom. The van der Waals surface area contributed by atoms with Gasteiger partial charge in [0.15, 0.2) is 0 Å². The minimum absolute atomic E-state index is 0.185.